The number of anilines is 1. The van der Waals surface area contributed by atoms with Crippen molar-refractivity contribution in [1.82, 2.24) is 0 Å². The Kier molecular flexibility index (Phi) is 9.85. The Morgan fingerprint density at radius 1 is 1.47 bits per heavy atom. The lowest BCUT2D eigenvalue weighted by Gasteiger charge is -2.08. The van der Waals surface area contributed by atoms with Crippen molar-refractivity contribution in [1.29, 1.82) is 0 Å². The maximum atomic E-state index is 10.6. The molecule has 17 heavy (non-hydrogen) atoms. The van der Waals surface area contributed by atoms with Crippen molar-refractivity contribution >= 4 is 36.5 Å². The molecule has 0 aliphatic heterocycles. The van der Waals surface area contributed by atoms with E-state index in [4.69, 9.17) is 10.8 Å². The Hall–Kier alpha value is -0.970. The van der Waals surface area contributed by atoms with E-state index in [2.05, 4.69) is 5.32 Å². The summed E-state index contributed by atoms with van der Waals surface area (Å²) in [5.74, 6) is -0.969. The molecule has 1 aromatic rings. The summed E-state index contributed by atoms with van der Waals surface area (Å²) in [7, 11) is 0. The molecule has 1 atom stereocenters. The second kappa shape index (κ2) is 9.10. The highest BCUT2D eigenvalue weighted by Gasteiger charge is 2.11. The number of rotatable bonds is 5. The average molecular weight is 281 g/mol. The maximum Gasteiger partial charge on any atom is 0.320 e. The molecule has 0 bridgehead atoms. The molecule has 0 aliphatic rings. The number of carbonyl (C=O) groups is 1. The lowest BCUT2D eigenvalue weighted by Crippen LogP contribution is -2.32. The van der Waals surface area contributed by atoms with E-state index in [1.807, 2.05) is 31.2 Å². The molecule has 98 valence electrons. The molecule has 0 aliphatic carbocycles. The average Bonchev–Trinajstić information content (AvgIpc) is 2.18. The fraction of sp³-hybridized carbons (Fsp3) is 0.364. The van der Waals surface area contributed by atoms with Gasteiger partial charge in [-0.15, -0.1) is 24.8 Å². The van der Waals surface area contributed by atoms with E-state index in [1.54, 1.807) is 0 Å². The van der Waals surface area contributed by atoms with Gasteiger partial charge in [-0.3, -0.25) is 4.79 Å². The highest BCUT2D eigenvalue weighted by Crippen LogP contribution is 2.11. The van der Waals surface area contributed by atoms with E-state index < -0.39 is 12.0 Å². The molecular formula is C11H18Cl2N2O2. The molecule has 4 N–H and O–H groups in total. The Bertz CT molecular complexity index is 348. The van der Waals surface area contributed by atoms with Gasteiger partial charge in [-0.2, -0.15) is 0 Å². The summed E-state index contributed by atoms with van der Waals surface area (Å²) in [5.41, 5.74) is 7.38. The van der Waals surface area contributed by atoms with Gasteiger partial charge in [0, 0.05) is 12.2 Å². The third-order valence-electron chi connectivity index (χ3n) is 2.08. The number of halogens is 2. The van der Waals surface area contributed by atoms with Crippen LogP contribution in [0.5, 0.6) is 0 Å². The highest BCUT2D eigenvalue weighted by atomic mass is 35.5. The van der Waals surface area contributed by atoms with Gasteiger partial charge in [-0.25, -0.2) is 0 Å². The molecule has 1 unspecified atom stereocenters. The van der Waals surface area contributed by atoms with Crippen molar-refractivity contribution in [2.24, 2.45) is 5.73 Å². The Labute approximate surface area is 113 Å². The molecule has 0 spiro atoms. The zero-order chi connectivity index (χ0) is 11.3. The lowest BCUT2D eigenvalue weighted by atomic mass is 10.1. The molecule has 6 heteroatoms. The number of nitrogens with one attached hydrogen (secondary N) is 1. The van der Waals surface area contributed by atoms with E-state index in [-0.39, 0.29) is 24.8 Å². The third-order valence-corrected chi connectivity index (χ3v) is 2.08. The van der Waals surface area contributed by atoms with Crippen molar-refractivity contribution in [3.63, 3.8) is 0 Å². The van der Waals surface area contributed by atoms with Crippen LogP contribution in [-0.4, -0.2) is 23.7 Å². The highest BCUT2D eigenvalue weighted by molar-refractivity contribution is 5.85. The molecule has 0 aromatic heterocycles. The van der Waals surface area contributed by atoms with Crippen molar-refractivity contribution in [2.75, 3.05) is 11.9 Å². The fourth-order valence-corrected chi connectivity index (χ4v) is 1.35. The summed E-state index contributed by atoms with van der Waals surface area (Å²) in [6.07, 6.45) is 0.356. The van der Waals surface area contributed by atoms with E-state index >= 15 is 0 Å². The molecule has 0 heterocycles. The smallest absolute Gasteiger partial charge is 0.320 e. The minimum Gasteiger partial charge on any atom is -0.480 e. The van der Waals surface area contributed by atoms with Gasteiger partial charge in [0.25, 0.3) is 0 Å². The SMILES string of the molecule is CCNc1cccc(CC(N)C(=O)O)c1.Cl.Cl. The van der Waals surface area contributed by atoms with Crippen LogP contribution in [0.3, 0.4) is 0 Å². The zero-order valence-corrected chi connectivity index (χ0v) is 11.2. The molecule has 1 rings (SSSR count). The third kappa shape index (κ3) is 6.36. The Morgan fingerprint density at radius 2 is 2.12 bits per heavy atom. The van der Waals surface area contributed by atoms with Crippen molar-refractivity contribution in [3.8, 4) is 0 Å². The molecular weight excluding hydrogens is 263 g/mol. The molecule has 0 saturated carbocycles. The summed E-state index contributed by atoms with van der Waals surface area (Å²) in [6.45, 7) is 2.85. The van der Waals surface area contributed by atoms with Crippen molar-refractivity contribution < 1.29 is 9.90 Å². The van der Waals surface area contributed by atoms with Crippen LogP contribution in [0.15, 0.2) is 24.3 Å². The maximum absolute atomic E-state index is 10.6. The Balaban J connectivity index is 0. The van der Waals surface area contributed by atoms with E-state index in [0.29, 0.717) is 6.42 Å². The molecule has 0 amide bonds. The van der Waals surface area contributed by atoms with Crippen LogP contribution in [0, 0.1) is 0 Å². The predicted molar refractivity (Wildman–Crippen MR) is 74.4 cm³/mol. The normalized spacial score (nSPS) is 10.7. The van der Waals surface area contributed by atoms with Crippen LogP contribution < -0.4 is 11.1 Å². The van der Waals surface area contributed by atoms with Gasteiger partial charge in [-0.05, 0) is 31.0 Å². The number of aliphatic carboxylic acids is 1. The van der Waals surface area contributed by atoms with Crippen LogP contribution in [0.4, 0.5) is 5.69 Å². The van der Waals surface area contributed by atoms with E-state index in [9.17, 15) is 4.79 Å². The number of carboxylic acids is 1. The van der Waals surface area contributed by atoms with Gasteiger partial charge < -0.3 is 16.2 Å². The van der Waals surface area contributed by atoms with Crippen LogP contribution >= 0.6 is 24.8 Å². The number of hydrogen-bond donors (Lipinski definition) is 3. The van der Waals surface area contributed by atoms with Gasteiger partial charge in [-0.1, -0.05) is 12.1 Å². The topological polar surface area (TPSA) is 75.3 Å². The first-order chi connectivity index (χ1) is 7.13. The van der Waals surface area contributed by atoms with Crippen LogP contribution in [0.2, 0.25) is 0 Å². The molecule has 0 fully saturated rings. The van der Waals surface area contributed by atoms with Gasteiger partial charge in [0.05, 0.1) is 0 Å². The largest absolute Gasteiger partial charge is 0.480 e. The molecule has 0 saturated heterocycles. The minimum absolute atomic E-state index is 0. The standard InChI is InChI=1S/C11H16N2O2.2ClH/c1-2-13-9-5-3-4-8(6-9)7-10(12)11(14)15;;/h3-6,10,13H,2,7,12H2,1H3,(H,14,15);2*1H. The second-order valence-corrected chi connectivity index (χ2v) is 3.38. The quantitative estimate of drug-likeness (QED) is 0.770. The summed E-state index contributed by atoms with van der Waals surface area (Å²) >= 11 is 0. The van der Waals surface area contributed by atoms with Gasteiger partial charge in [0.1, 0.15) is 6.04 Å². The first kappa shape index (κ1) is 18.4. The van der Waals surface area contributed by atoms with E-state index in [1.165, 1.54) is 0 Å². The van der Waals surface area contributed by atoms with Crippen molar-refractivity contribution in [2.45, 2.75) is 19.4 Å². The molecule has 4 nitrogen and oxygen atoms in total. The molecule has 1 aromatic carbocycles. The summed E-state index contributed by atoms with van der Waals surface area (Å²) in [6, 6.07) is 6.80. The number of benzene rings is 1. The lowest BCUT2D eigenvalue weighted by molar-refractivity contribution is -0.138. The van der Waals surface area contributed by atoms with E-state index in [0.717, 1.165) is 17.8 Å². The van der Waals surface area contributed by atoms with Crippen LogP contribution in [0.1, 0.15) is 12.5 Å². The van der Waals surface area contributed by atoms with Crippen molar-refractivity contribution in [3.05, 3.63) is 29.8 Å². The summed E-state index contributed by atoms with van der Waals surface area (Å²) in [4.78, 5) is 10.6. The second-order valence-electron chi connectivity index (χ2n) is 3.38. The van der Waals surface area contributed by atoms with Crippen LogP contribution in [-0.2, 0) is 11.2 Å². The van der Waals surface area contributed by atoms with Gasteiger partial charge in [0.2, 0.25) is 0 Å². The predicted octanol–water partition coefficient (Wildman–Crippen LogP) is 1.92. The molecule has 0 radical (unpaired) electrons. The summed E-state index contributed by atoms with van der Waals surface area (Å²) in [5, 5.41) is 11.8. The number of nitrogens with two attached hydrogens (primary N) is 1. The minimum atomic E-state index is -0.969. The first-order valence-electron chi connectivity index (χ1n) is 4.94. The zero-order valence-electron chi connectivity index (χ0n) is 9.55. The van der Waals surface area contributed by atoms with Gasteiger partial charge >= 0.3 is 5.97 Å². The first-order valence-corrected chi connectivity index (χ1v) is 4.94. The number of hydrogen-bond acceptors (Lipinski definition) is 3. The van der Waals surface area contributed by atoms with Crippen LogP contribution in [0.25, 0.3) is 0 Å². The summed E-state index contributed by atoms with van der Waals surface area (Å²) < 4.78 is 0. The Morgan fingerprint density at radius 3 is 2.65 bits per heavy atom. The van der Waals surface area contributed by atoms with Gasteiger partial charge in [0.15, 0.2) is 0 Å². The monoisotopic (exact) mass is 280 g/mol. The fourth-order valence-electron chi connectivity index (χ4n) is 1.35. The number of carboxylic acid groups (broad SMARTS) is 1.